The monoisotopic (exact) mass is 253 g/mol. The lowest BCUT2D eigenvalue weighted by Crippen LogP contribution is -2.57. The molecule has 100 valence electrons. The van der Waals surface area contributed by atoms with Gasteiger partial charge in [-0.3, -0.25) is 9.69 Å². The Hall–Kier alpha value is -0.820. The smallest absolute Gasteiger partial charge is 0.339 e. The van der Waals surface area contributed by atoms with Crippen LogP contribution >= 0.6 is 0 Å². The number of nitrogens with zero attached hydrogens (tertiary/aromatic N) is 2. The zero-order valence-electron chi connectivity index (χ0n) is 10.00. The fourth-order valence-electron chi connectivity index (χ4n) is 1.95. The minimum absolute atomic E-state index is 0.205. The van der Waals surface area contributed by atoms with Gasteiger partial charge in [-0.2, -0.15) is 13.2 Å². The maximum atomic E-state index is 12.3. The number of piperazine rings is 1. The highest BCUT2D eigenvalue weighted by Crippen LogP contribution is 2.20. The van der Waals surface area contributed by atoms with Crippen molar-refractivity contribution in [3.8, 4) is 0 Å². The zero-order valence-corrected chi connectivity index (χ0v) is 10.00. The highest BCUT2D eigenvalue weighted by atomic mass is 19.4. The Bertz CT molecular complexity index is 280. The van der Waals surface area contributed by atoms with Crippen molar-refractivity contribution in [2.75, 3.05) is 26.2 Å². The van der Waals surface area contributed by atoms with Crippen molar-refractivity contribution < 1.29 is 18.0 Å². The molecule has 0 aromatic heterocycles. The molecule has 0 aromatic rings. The number of amides is 1. The maximum Gasteiger partial charge on any atom is 0.401 e. The van der Waals surface area contributed by atoms with E-state index in [1.165, 1.54) is 9.80 Å². The number of rotatable bonds is 2. The van der Waals surface area contributed by atoms with Gasteiger partial charge in [0, 0.05) is 25.7 Å². The third kappa shape index (κ3) is 4.16. The molecule has 0 bridgehead atoms. The summed E-state index contributed by atoms with van der Waals surface area (Å²) >= 11 is 0. The van der Waals surface area contributed by atoms with Crippen LogP contribution in [-0.4, -0.2) is 60.1 Å². The van der Waals surface area contributed by atoms with Crippen molar-refractivity contribution in [2.24, 2.45) is 5.73 Å². The highest BCUT2D eigenvalue weighted by molar-refractivity contribution is 5.81. The quantitative estimate of drug-likeness (QED) is 0.776. The van der Waals surface area contributed by atoms with E-state index < -0.39 is 18.8 Å². The average molecular weight is 253 g/mol. The molecule has 0 spiro atoms. The first-order valence-corrected chi connectivity index (χ1v) is 5.56. The number of halogens is 3. The van der Waals surface area contributed by atoms with E-state index in [-0.39, 0.29) is 18.5 Å². The first kappa shape index (κ1) is 14.2. The van der Waals surface area contributed by atoms with Crippen LogP contribution in [0.2, 0.25) is 0 Å². The number of hydrogen-bond acceptors (Lipinski definition) is 3. The fraction of sp³-hybridized carbons (Fsp3) is 0.900. The maximum absolute atomic E-state index is 12.3. The van der Waals surface area contributed by atoms with Crippen LogP contribution in [-0.2, 0) is 4.79 Å². The minimum Gasteiger partial charge on any atom is -0.339 e. The molecule has 1 rings (SSSR count). The van der Waals surface area contributed by atoms with Gasteiger partial charge in [0.2, 0.25) is 5.91 Å². The lowest BCUT2D eigenvalue weighted by atomic mass is 10.1. The van der Waals surface area contributed by atoms with E-state index in [1.807, 2.05) is 0 Å². The van der Waals surface area contributed by atoms with Gasteiger partial charge in [0.25, 0.3) is 0 Å². The third-order valence-electron chi connectivity index (χ3n) is 2.85. The summed E-state index contributed by atoms with van der Waals surface area (Å²) in [6.45, 7) is 3.19. The second-order valence-corrected chi connectivity index (χ2v) is 4.51. The van der Waals surface area contributed by atoms with Gasteiger partial charge in [-0.1, -0.05) is 0 Å². The van der Waals surface area contributed by atoms with Gasteiger partial charge in [0.15, 0.2) is 0 Å². The Morgan fingerprint density at radius 2 is 2.06 bits per heavy atom. The van der Waals surface area contributed by atoms with Gasteiger partial charge in [-0.25, -0.2) is 0 Å². The largest absolute Gasteiger partial charge is 0.401 e. The Labute approximate surface area is 98.5 Å². The average Bonchev–Trinajstić information content (AvgIpc) is 2.18. The first-order valence-electron chi connectivity index (χ1n) is 5.56. The number of carbonyl (C=O) groups excluding carboxylic acids is 1. The van der Waals surface area contributed by atoms with E-state index in [1.54, 1.807) is 13.8 Å². The van der Waals surface area contributed by atoms with Crippen LogP contribution in [0.15, 0.2) is 0 Å². The second kappa shape index (κ2) is 5.22. The van der Waals surface area contributed by atoms with Crippen LogP contribution in [0.3, 0.4) is 0 Å². The van der Waals surface area contributed by atoms with E-state index in [0.29, 0.717) is 13.1 Å². The Balaban J connectivity index is 2.53. The molecular weight excluding hydrogens is 235 g/mol. The van der Waals surface area contributed by atoms with Crippen LogP contribution in [0.25, 0.3) is 0 Å². The Kier molecular flexibility index (Phi) is 4.37. The lowest BCUT2D eigenvalue weighted by molar-refractivity contribution is -0.157. The van der Waals surface area contributed by atoms with E-state index >= 15 is 0 Å². The summed E-state index contributed by atoms with van der Waals surface area (Å²) in [7, 11) is 0. The molecule has 0 aliphatic carbocycles. The molecule has 0 aromatic carbocycles. The van der Waals surface area contributed by atoms with Crippen LogP contribution < -0.4 is 5.73 Å². The molecule has 1 amide bonds. The van der Waals surface area contributed by atoms with Crippen LogP contribution in [0.4, 0.5) is 13.2 Å². The van der Waals surface area contributed by atoms with E-state index in [4.69, 9.17) is 5.73 Å². The van der Waals surface area contributed by atoms with Gasteiger partial charge < -0.3 is 10.6 Å². The van der Waals surface area contributed by atoms with Gasteiger partial charge in [0.1, 0.15) is 0 Å². The number of nitrogens with two attached hydrogens (primary N) is 1. The van der Waals surface area contributed by atoms with E-state index in [0.717, 1.165) is 0 Å². The van der Waals surface area contributed by atoms with Crippen molar-refractivity contribution in [3.05, 3.63) is 0 Å². The van der Waals surface area contributed by atoms with Crippen molar-refractivity contribution in [1.82, 2.24) is 9.80 Å². The molecule has 1 fully saturated rings. The first-order chi connectivity index (χ1) is 7.70. The molecule has 1 saturated heterocycles. The van der Waals surface area contributed by atoms with Crippen molar-refractivity contribution in [2.45, 2.75) is 32.1 Å². The summed E-state index contributed by atoms with van der Waals surface area (Å²) in [5.74, 6) is -0.205. The van der Waals surface area contributed by atoms with Crippen LogP contribution in [0.1, 0.15) is 13.8 Å². The molecule has 2 unspecified atom stereocenters. The molecule has 0 radical (unpaired) electrons. The molecule has 2 atom stereocenters. The molecule has 4 nitrogen and oxygen atoms in total. The topological polar surface area (TPSA) is 49.6 Å². The lowest BCUT2D eigenvalue weighted by Gasteiger charge is -2.40. The third-order valence-corrected chi connectivity index (χ3v) is 2.85. The van der Waals surface area contributed by atoms with Gasteiger partial charge in [-0.15, -0.1) is 0 Å². The molecule has 1 heterocycles. The summed E-state index contributed by atoms with van der Waals surface area (Å²) in [6, 6.07) is -0.899. The summed E-state index contributed by atoms with van der Waals surface area (Å²) in [6.07, 6.45) is -4.19. The van der Waals surface area contributed by atoms with Gasteiger partial charge in [-0.05, 0) is 13.8 Å². The van der Waals surface area contributed by atoms with Gasteiger partial charge in [0.05, 0.1) is 12.6 Å². The van der Waals surface area contributed by atoms with E-state index in [2.05, 4.69) is 0 Å². The molecule has 1 aliphatic heterocycles. The standard InChI is InChI=1S/C10H18F3N3O/c1-7-5-15(9(17)8(2)14)3-4-16(7)6-10(11,12)13/h7-8H,3-6,14H2,1-2H3. The summed E-state index contributed by atoms with van der Waals surface area (Å²) in [5.41, 5.74) is 5.46. The van der Waals surface area contributed by atoms with Crippen LogP contribution in [0, 0.1) is 0 Å². The number of carbonyl (C=O) groups is 1. The normalized spacial score (nSPS) is 24.8. The number of hydrogen-bond donors (Lipinski definition) is 1. The van der Waals surface area contributed by atoms with Crippen LogP contribution in [0.5, 0.6) is 0 Å². The van der Waals surface area contributed by atoms with E-state index in [9.17, 15) is 18.0 Å². The molecule has 17 heavy (non-hydrogen) atoms. The Morgan fingerprint density at radius 3 is 2.47 bits per heavy atom. The van der Waals surface area contributed by atoms with Crippen molar-refractivity contribution in [1.29, 1.82) is 0 Å². The SMILES string of the molecule is CC(N)C(=O)N1CCN(CC(F)(F)F)C(C)C1. The second-order valence-electron chi connectivity index (χ2n) is 4.51. The summed E-state index contributed by atoms with van der Waals surface area (Å²) in [5, 5.41) is 0. The Morgan fingerprint density at radius 1 is 1.47 bits per heavy atom. The molecule has 1 aliphatic rings. The predicted molar refractivity (Wildman–Crippen MR) is 57.3 cm³/mol. The predicted octanol–water partition coefficient (Wildman–Crippen LogP) is 0.429. The number of alkyl halides is 3. The van der Waals surface area contributed by atoms with Crippen molar-refractivity contribution >= 4 is 5.91 Å². The van der Waals surface area contributed by atoms with Crippen molar-refractivity contribution in [3.63, 3.8) is 0 Å². The summed E-state index contributed by atoms with van der Waals surface area (Å²) in [4.78, 5) is 14.5. The minimum atomic E-state index is -4.19. The zero-order chi connectivity index (χ0) is 13.2. The molecular formula is C10H18F3N3O. The molecule has 2 N–H and O–H groups in total. The fourth-order valence-corrected chi connectivity index (χ4v) is 1.95. The molecule has 7 heteroatoms. The summed E-state index contributed by atoms with van der Waals surface area (Å²) < 4.78 is 36.8. The molecule has 0 saturated carbocycles. The van der Waals surface area contributed by atoms with Gasteiger partial charge >= 0.3 is 6.18 Å². The highest BCUT2D eigenvalue weighted by Gasteiger charge is 2.36.